The lowest BCUT2D eigenvalue weighted by Crippen LogP contribution is -2.29. The molecule has 3 nitrogen and oxygen atoms in total. The van der Waals surface area contributed by atoms with Crippen molar-refractivity contribution in [2.45, 2.75) is 33.1 Å². The molecular formula is C16H21N3. The Kier molecular flexibility index (Phi) is 4.46. The third kappa shape index (κ3) is 2.58. The molecule has 1 N–H and O–H groups in total. The number of nitriles is 1. The van der Waals surface area contributed by atoms with Gasteiger partial charge in [0.2, 0.25) is 0 Å². The van der Waals surface area contributed by atoms with Crippen molar-refractivity contribution in [1.29, 1.82) is 5.26 Å². The van der Waals surface area contributed by atoms with Crippen LogP contribution in [0.25, 0.3) is 10.9 Å². The van der Waals surface area contributed by atoms with Crippen LogP contribution >= 0.6 is 0 Å². The number of benzene rings is 1. The summed E-state index contributed by atoms with van der Waals surface area (Å²) in [7, 11) is 0. The lowest BCUT2D eigenvalue weighted by atomic mass is 10.1. The van der Waals surface area contributed by atoms with Crippen molar-refractivity contribution in [3.8, 4) is 6.07 Å². The molecule has 0 radical (unpaired) electrons. The normalized spacial score (nSPS) is 14.7. The first-order chi connectivity index (χ1) is 9.40. The Hall–Kier alpha value is -1.95. The second kappa shape index (κ2) is 6.29. The van der Waals surface area contributed by atoms with Crippen molar-refractivity contribution in [1.82, 2.24) is 4.98 Å². The highest BCUT2D eigenvalue weighted by Crippen LogP contribution is 2.30. The fourth-order valence-electron chi connectivity index (χ4n) is 2.64. The van der Waals surface area contributed by atoms with E-state index in [9.17, 15) is 0 Å². The zero-order chi connectivity index (χ0) is 13.7. The molecule has 1 aliphatic heterocycles. The molecule has 0 bridgehead atoms. The SMILES string of the molecule is CC.N#Cc1ccc(N2CCCCC2)c2cc[nH]c12. The van der Waals surface area contributed by atoms with Crippen LogP contribution in [0.15, 0.2) is 24.4 Å². The number of rotatable bonds is 1. The van der Waals surface area contributed by atoms with Gasteiger partial charge in [-0.05, 0) is 37.5 Å². The highest BCUT2D eigenvalue weighted by molar-refractivity contribution is 5.95. The Morgan fingerprint density at radius 3 is 2.53 bits per heavy atom. The molecule has 1 aliphatic rings. The lowest BCUT2D eigenvalue weighted by Gasteiger charge is -2.29. The molecule has 19 heavy (non-hydrogen) atoms. The second-order valence-electron chi connectivity index (χ2n) is 4.56. The van der Waals surface area contributed by atoms with Gasteiger partial charge in [-0.1, -0.05) is 13.8 Å². The van der Waals surface area contributed by atoms with Crippen molar-refractivity contribution in [3.05, 3.63) is 30.0 Å². The largest absolute Gasteiger partial charge is 0.371 e. The van der Waals surface area contributed by atoms with E-state index in [1.165, 1.54) is 30.3 Å². The molecule has 100 valence electrons. The maximum absolute atomic E-state index is 9.07. The third-order valence-electron chi connectivity index (χ3n) is 3.52. The van der Waals surface area contributed by atoms with Gasteiger partial charge in [0.1, 0.15) is 6.07 Å². The molecule has 1 aromatic heterocycles. The maximum atomic E-state index is 9.07. The van der Waals surface area contributed by atoms with Crippen LogP contribution in [0.4, 0.5) is 5.69 Å². The van der Waals surface area contributed by atoms with E-state index in [-0.39, 0.29) is 0 Å². The smallest absolute Gasteiger partial charge is 0.101 e. The minimum absolute atomic E-state index is 0.728. The summed E-state index contributed by atoms with van der Waals surface area (Å²) in [6, 6.07) is 8.31. The van der Waals surface area contributed by atoms with Gasteiger partial charge in [-0.15, -0.1) is 0 Å². The zero-order valence-electron chi connectivity index (χ0n) is 11.7. The fraction of sp³-hybridized carbons (Fsp3) is 0.438. The van der Waals surface area contributed by atoms with Crippen molar-refractivity contribution in [2.24, 2.45) is 0 Å². The predicted octanol–water partition coefficient (Wildman–Crippen LogP) is 4.06. The summed E-state index contributed by atoms with van der Waals surface area (Å²) >= 11 is 0. The molecule has 0 saturated carbocycles. The van der Waals surface area contributed by atoms with Crippen molar-refractivity contribution < 1.29 is 0 Å². The maximum Gasteiger partial charge on any atom is 0.101 e. The highest BCUT2D eigenvalue weighted by Gasteiger charge is 2.15. The van der Waals surface area contributed by atoms with Gasteiger partial charge in [0.05, 0.1) is 11.1 Å². The molecule has 2 aromatic rings. The Labute approximate surface area is 114 Å². The number of nitrogens with one attached hydrogen (secondary N) is 1. The van der Waals surface area contributed by atoms with E-state index in [4.69, 9.17) is 5.26 Å². The predicted molar refractivity (Wildman–Crippen MR) is 80.4 cm³/mol. The van der Waals surface area contributed by atoms with Gasteiger partial charge in [-0.25, -0.2) is 0 Å². The lowest BCUT2D eigenvalue weighted by molar-refractivity contribution is 0.579. The number of nitrogens with zero attached hydrogens (tertiary/aromatic N) is 2. The summed E-state index contributed by atoms with van der Waals surface area (Å²) in [5, 5.41) is 10.2. The van der Waals surface area contributed by atoms with Gasteiger partial charge >= 0.3 is 0 Å². The van der Waals surface area contributed by atoms with E-state index in [1.54, 1.807) is 0 Å². The Morgan fingerprint density at radius 2 is 1.84 bits per heavy atom. The van der Waals surface area contributed by atoms with Crippen molar-refractivity contribution in [2.75, 3.05) is 18.0 Å². The summed E-state index contributed by atoms with van der Waals surface area (Å²) in [5.41, 5.74) is 2.96. The Morgan fingerprint density at radius 1 is 1.11 bits per heavy atom. The number of hydrogen-bond donors (Lipinski definition) is 1. The molecule has 3 rings (SSSR count). The van der Waals surface area contributed by atoms with Crippen LogP contribution in [0.3, 0.4) is 0 Å². The quantitative estimate of drug-likeness (QED) is 0.835. The molecule has 1 saturated heterocycles. The van der Waals surface area contributed by atoms with Gasteiger partial charge < -0.3 is 9.88 Å². The van der Waals surface area contributed by atoms with Gasteiger partial charge in [0, 0.05) is 30.4 Å². The number of H-pyrrole nitrogens is 1. The fourth-order valence-corrected chi connectivity index (χ4v) is 2.64. The summed E-state index contributed by atoms with van der Waals surface area (Å²) in [6.45, 7) is 6.26. The molecule has 2 heterocycles. The molecule has 0 aliphatic carbocycles. The summed E-state index contributed by atoms with van der Waals surface area (Å²) in [6.07, 6.45) is 5.79. The summed E-state index contributed by atoms with van der Waals surface area (Å²) in [5.74, 6) is 0. The molecule has 0 unspecified atom stereocenters. The van der Waals surface area contributed by atoms with E-state index in [0.717, 1.165) is 24.2 Å². The van der Waals surface area contributed by atoms with Crippen molar-refractivity contribution in [3.63, 3.8) is 0 Å². The first-order valence-corrected chi connectivity index (χ1v) is 7.15. The van der Waals surface area contributed by atoms with Gasteiger partial charge in [0.25, 0.3) is 0 Å². The monoisotopic (exact) mass is 255 g/mol. The van der Waals surface area contributed by atoms with Crippen LogP contribution < -0.4 is 4.90 Å². The molecule has 0 amide bonds. The number of fused-ring (bicyclic) bond motifs is 1. The minimum atomic E-state index is 0.728. The second-order valence-corrected chi connectivity index (χ2v) is 4.56. The summed E-state index contributed by atoms with van der Waals surface area (Å²) < 4.78 is 0. The van der Waals surface area contributed by atoms with Crippen LogP contribution in [-0.2, 0) is 0 Å². The van der Waals surface area contributed by atoms with E-state index in [0.29, 0.717) is 0 Å². The van der Waals surface area contributed by atoms with Crippen LogP contribution in [0.2, 0.25) is 0 Å². The van der Waals surface area contributed by atoms with Crippen molar-refractivity contribution >= 4 is 16.6 Å². The number of hydrogen-bond acceptors (Lipinski definition) is 2. The molecule has 0 atom stereocenters. The zero-order valence-corrected chi connectivity index (χ0v) is 11.7. The number of anilines is 1. The van der Waals surface area contributed by atoms with E-state index in [1.807, 2.05) is 26.1 Å². The molecule has 1 fully saturated rings. The van der Waals surface area contributed by atoms with E-state index < -0.39 is 0 Å². The third-order valence-corrected chi connectivity index (χ3v) is 3.52. The Balaban J connectivity index is 0.000000637. The Bertz CT molecular complexity index is 571. The average molecular weight is 255 g/mol. The summed E-state index contributed by atoms with van der Waals surface area (Å²) in [4.78, 5) is 5.60. The first kappa shape index (κ1) is 13.5. The topological polar surface area (TPSA) is 42.8 Å². The molecular weight excluding hydrogens is 234 g/mol. The van der Waals surface area contributed by atoms with Gasteiger partial charge in [-0.2, -0.15) is 5.26 Å². The number of piperidine rings is 1. The van der Waals surface area contributed by atoms with E-state index >= 15 is 0 Å². The first-order valence-electron chi connectivity index (χ1n) is 7.15. The average Bonchev–Trinajstić information content (AvgIpc) is 2.98. The molecule has 0 spiro atoms. The van der Waals surface area contributed by atoms with Crippen LogP contribution in [0.5, 0.6) is 0 Å². The molecule has 1 aromatic carbocycles. The number of aromatic amines is 1. The van der Waals surface area contributed by atoms with Crippen LogP contribution in [0.1, 0.15) is 38.7 Å². The number of aromatic nitrogens is 1. The van der Waals surface area contributed by atoms with Gasteiger partial charge in [-0.3, -0.25) is 0 Å². The van der Waals surface area contributed by atoms with Crippen LogP contribution in [-0.4, -0.2) is 18.1 Å². The van der Waals surface area contributed by atoms with Gasteiger partial charge in [0.15, 0.2) is 0 Å². The minimum Gasteiger partial charge on any atom is -0.371 e. The van der Waals surface area contributed by atoms with E-state index in [2.05, 4.69) is 28.1 Å². The van der Waals surface area contributed by atoms with Crippen LogP contribution in [0, 0.1) is 11.3 Å². The highest BCUT2D eigenvalue weighted by atomic mass is 15.1. The molecule has 3 heteroatoms. The standard InChI is InChI=1S/C14H15N3.C2H6/c15-10-11-4-5-13(12-6-7-16-14(11)12)17-8-2-1-3-9-17;1-2/h4-7,16H,1-3,8-9H2;1-2H3.